The molecule has 100 valence electrons. The molecule has 0 saturated heterocycles. The van der Waals surface area contributed by atoms with Gasteiger partial charge in [0.1, 0.15) is 0 Å². The lowest BCUT2D eigenvalue weighted by atomic mass is 10.0. The highest BCUT2D eigenvalue weighted by Crippen LogP contribution is 2.60. The maximum atomic E-state index is 10.5. The summed E-state index contributed by atoms with van der Waals surface area (Å²) in [4.78, 5) is 0. The first-order valence-electron chi connectivity index (χ1n) is 8.01. The van der Waals surface area contributed by atoms with Crippen molar-refractivity contribution in [1.29, 1.82) is 0 Å². The fourth-order valence-corrected chi connectivity index (χ4v) is 3.95. The van der Waals surface area contributed by atoms with Crippen molar-refractivity contribution in [2.75, 3.05) is 0 Å². The van der Waals surface area contributed by atoms with E-state index in [4.69, 9.17) is 0 Å². The minimum absolute atomic E-state index is 0.208. The Kier molecular flexibility index (Phi) is 4.90. The van der Waals surface area contributed by atoms with Crippen molar-refractivity contribution in [1.82, 2.24) is 0 Å². The van der Waals surface area contributed by atoms with Crippen molar-refractivity contribution in [3.05, 3.63) is 0 Å². The molecule has 0 aliphatic heterocycles. The van der Waals surface area contributed by atoms with Gasteiger partial charge in [0.15, 0.2) is 0 Å². The van der Waals surface area contributed by atoms with E-state index in [0.29, 0.717) is 11.8 Å². The van der Waals surface area contributed by atoms with Crippen LogP contribution >= 0.6 is 0 Å². The second kappa shape index (κ2) is 6.22. The Balaban J connectivity index is 1.51. The third-order valence-electron chi connectivity index (χ3n) is 5.12. The van der Waals surface area contributed by atoms with Gasteiger partial charge in [-0.1, -0.05) is 64.7 Å². The van der Waals surface area contributed by atoms with Gasteiger partial charge in [0.25, 0.3) is 0 Å². The Labute approximate surface area is 107 Å². The van der Waals surface area contributed by atoms with Crippen LogP contribution in [0.15, 0.2) is 0 Å². The third-order valence-corrected chi connectivity index (χ3v) is 5.12. The number of hydrogen-bond donors (Lipinski definition) is 1. The number of aliphatic hydroxyl groups is 1. The van der Waals surface area contributed by atoms with Gasteiger partial charge in [0, 0.05) is 0 Å². The lowest BCUT2D eigenvalue weighted by Gasteiger charge is -2.10. The zero-order valence-corrected chi connectivity index (χ0v) is 11.6. The van der Waals surface area contributed by atoms with Crippen molar-refractivity contribution in [3.8, 4) is 0 Å². The van der Waals surface area contributed by atoms with Gasteiger partial charge in [-0.15, -0.1) is 0 Å². The highest BCUT2D eigenvalue weighted by atomic mass is 16.3. The van der Waals surface area contributed by atoms with Crippen LogP contribution in [0, 0.1) is 11.8 Å². The number of unbranched alkanes of at least 4 members (excludes halogenated alkanes) is 6. The molecule has 1 heteroatoms. The van der Waals surface area contributed by atoms with Gasteiger partial charge in [-0.25, -0.2) is 0 Å². The number of fused-ring (bicyclic) bond motifs is 1. The topological polar surface area (TPSA) is 20.2 Å². The van der Waals surface area contributed by atoms with Gasteiger partial charge >= 0.3 is 0 Å². The summed E-state index contributed by atoms with van der Waals surface area (Å²) in [5, 5.41) is 10.5. The van der Waals surface area contributed by atoms with Crippen molar-refractivity contribution >= 4 is 0 Å². The van der Waals surface area contributed by atoms with Gasteiger partial charge in [0.05, 0.1) is 5.60 Å². The molecular formula is C16H30O. The fraction of sp³-hybridized carbons (Fsp3) is 1.00. The number of hydrogen-bond acceptors (Lipinski definition) is 1. The predicted molar refractivity (Wildman–Crippen MR) is 73.0 cm³/mol. The Morgan fingerprint density at radius 1 is 0.882 bits per heavy atom. The highest BCUT2D eigenvalue weighted by molar-refractivity contribution is 5.12. The molecule has 0 bridgehead atoms. The second-order valence-corrected chi connectivity index (χ2v) is 6.36. The van der Waals surface area contributed by atoms with E-state index >= 15 is 0 Å². The molecule has 0 radical (unpaired) electrons. The molecule has 2 atom stereocenters. The summed E-state index contributed by atoms with van der Waals surface area (Å²) in [6.07, 6.45) is 15.9. The van der Waals surface area contributed by atoms with Crippen LogP contribution in [0.25, 0.3) is 0 Å². The molecule has 0 spiro atoms. The maximum Gasteiger partial charge on any atom is 0.0711 e. The smallest absolute Gasteiger partial charge is 0.0711 e. The quantitative estimate of drug-likeness (QED) is 0.609. The molecule has 2 saturated carbocycles. The first-order chi connectivity index (χ1) is 8.29. The largest absolute Gasteiger partial charge is 0.389 e. The number of rotatable bonds is 8. The minimum Gasteiger partial charge on any atom is -0.389 e. The SMILES string of the molecule is CCCCCCCCCC1(O)C2CCCCC21. The van der Waals surface area contributed by atoms with E-state index in [1.165, 1.54) is 70.6 Å². The van der Waals surface area contributed by atoms with Crippen molar-refractivity contribution in [2.45, 2.75) is 89.6 Å². The summed E-state index contributed by atoms with van der Waals surface area (Å²) in [5.41, 5.74) is -0.208. The molecule has 0 aromatic carbocycles. The van der Waals surface area contributed by atoms with E-state index in [-0.39, 0.29) is 5.60 Å². The summed E-state index contributed by atoms with van der Waals surface area (Å²) < 4.78 is 0. The van der Waals surface area contributed by atoms with Crippen molar-refractivity contribution < 1.29 is 5.11 Å². The van der Waals surface area contributed by atoms with Gasteiger partial charge in [-0.05, 0) is 31.1 Å². The molecule has 1 N–H and O–H groups in total. The molecule has 2 aliphatic carbocycles. The molecular weight excluding hydrogens is 208 g/mol. The molecule has 0 amide bonds. The molecule has 1 nitrogen and oxygen atoms in total. The molecule has 0 heterocycles. The van der Waals surface area contributed by atoms with Gasteiger partial charge < -0.3 is 5.11 Å². The summed E-state index contributed by atoms with van der Waals surface area (Å²) >= 11 is 0. The average Bonchev–Trinajstić information content (AvgIpc) is 2.95. The standard InChI is InChI=1S/C16H30O/c1-2-3-4-5-6-7-10-13-16(17)14-11-8-9-12-15(14)16/h14-15,17H,2-13H2,1H3. The van der Waals surface area contributed by atoms with Crippen LogP contribution in [-0.4, -0.2) is 10.7 Å². The summed E-state index contributed by atoms with van der Waals surface area (Å²) in [6.45, 7) is 2.27. The molecule has 2 aliphatic rings. The van der Waals surface area contributed by atoms with Crippen LogP contribution in [0.5, 0.6) is 0 Å². The van der Waals surface area contributed by atoms with Crippen LogP contribution in [-0.2, 0) is 0 Å². The minimum atomic E-state index is -0.208. The van der Waals surface area contributed by atoms with Gasteiger partial charge in [0.2, 0.25) is 0 Å². The van der Waals surface area contributed by atoms with Crippen molar-refractivity contribution in [3.63, 3.8) is 0 Å². The van der Waals surface area contributed by atoms with Gasteiger partial charge in [-0.3, -0.25) is 0 Å². The van der Waals surface area contributed by atoms with Crippen LogP contribution in [0.1, 0.15) is 84.0 Å². The molecule has 0 aromatic rings. The predicted octanol–water partition coefficient (Wildman–Crippen LogP) is 4.68. The van der Waals surface area contributed by atoms with Crippen molar-refractivity contribution in [2.24, 2.45) is 11.8 Å². The monoisotopic (exact) mass is 238 g/mol. The fourth-order valence-electron chi connectivity index (χ4n) is 3.95. The Morgan fingerprint density at radius 3 is 2.00 bits per heavy atom. The third kappa shape index (κ3) is 3.24. The van der Waals surface area contributed by atoms with Crippen LogP contribution in [0.4, 0.5) is 0 Å². The van der Waals surface area contributed by atoms with Gasteiger partial charge in [-0.2, -0.15) is 0 Å². The van der Waals surface area contributed by atoms with Crippen LogP contribution in [0.3, 0.4) is 0 Å². The molecule has 2 fully saturated rings. The summed E-state index contributed by atoms with van der Waals surface area (Å²) in [6, 6.07) is 0. The van der Waals surface area contributed by atoms with Crippen LogP contribution in [0.2, 0.25) is 0 Å². The zero-order chi connectivity index (χ0) is 12.1. The second-order valence-electron chi connectivity index (χ2n) is 6.36. The Bertz CT molecular complexity index is 212. The Morgan fingerprint density at radius 2 is 1.41 bits per heavy atom. The molecule has 2 unspecified atom stereocenters. The van der Waals surface area contributed by atoms with E-state index in [9.17, 15) is 5.11 Å². The van der Waals surface area contributed by atoms with E-state index < -0.39 is 0 Å². The lowest BCUT2D eigenvalue weighted by molar-refractivity contribution is 0.105. The normalized spacial score (nSPS) is 35.6. The molecule has 17 heavy (non-hydrogen) atoms. The molecule has 2 rings (SSSR count). The highest BCUT2D eigenvalue weighted by Gasteiger charge is 2.62. The lowest BCUT2D eigenvalue weighted by Crippen LogP contribution is -2.12. The average molecular weight is 238 g/mol. The van der Waals surface area contributed by atoms with E-state index in [0.717, 1.165) is 6.42 Å². The Hall–Kier alpha value is -0.0400. The van der Waals surface area contributed by atoms with E-state index in [2.05, 4.69) is 6.92 Å². The maximum absolute atomic E-state index is 10.5. The molecule has 0 aromatic heterocycles. The first kappa shape index (κ1) is 13.4. The zero-order valence-electron chi connectivity index (χ0n) is 11.6. The summed E-state index contributed by atoms with van der Waals surface area (Å²) in [7, 11) is 0. The van der Waals surface area contributed by atoms with Crippen LogP contribution < -0.4 is 0 Å². The first-order valence-corrected chi connectivity index (χ1v) is 8.01. The van der Waals surface area contributed by atoms with E-state index in [1.807, 2.05) is 0 Å². The summed E-state index contributed by atoms with van der Waals surface area (Å²) in [5.74, 6) is 1.38. The van der Waals surface area contributed by atoms with E-state index in [1.54, 1.807) is 0 Å².